The maximum absolute atomic E-state index is 14.1. The molecule has 212 valence electrons. The fraction of sp³-hybridized carbons (Fsp3) is 0.400. The van der Waals surface area contributed by atoms with Crippen LogP contribution in [0.5, 0.6) is 0 Å². The van der Waals surface area contributed by atoms with Crippen LogP contribution in [0.3, 0.4) is 0 Å². The van der Waals surface area contributed by atoms with Gasteiger partial charge in [0.05, 0.1) is 12.2 Å². The Bertz CT molecular complexity index is 1430. The van der Waals surface area contributed by atoms with E-state index < -0.39 is 26.8 Å². The van der Waals surface area contributed by atoms with Crippen molar-refractivity contribution < 1.29 is 27.6 Å². The molecule has 0 bridgehead atoms. The van der Waals surface area contributed by atoms with Gasteiger partial charge in [-0.1, -0.05) is 48.0 Å². The third kappa shape index (κ3) is 6.15. The molecule has 0 radical (unpaired) electrons. The summed E-state index contributed by atoms with van der Waals surface area (Å²) in [6.07, 6.45) is 1.76. The topological polar surface area (TPSA) is 102 Å². The van der Waals surface area contributed by atoms with Crippen LogP contribution < -0.4 is 5.48 Å². The Kier molecular flexibility index (Phi) is 8.70. The lowest BCUT2D eigenvalue weighted by molar-refractivity contribution is -0.200. The molecule has 1 unspecified atom stereocenters. The summed E-state index contributed by atoms with van der Waals surface area (Å²) in [6.45, 7) is 2.83. The predicted molar refractivity (Wildman–Crippen MR) is 154 cm³/mol. The number of thiophene rings is 1. The third-order valence-corrected chi connectivity index (χ3v) is 11.5. The Balaban J connectivity index is 1.45. The van der Waals surface area contributed by atoms with E-state index in [1.807, 2.05) is 49.4 Å². The Hall–Kier alpha value is -3.05. The molecular formula is C30H34N2O6S2. The van der Waals surface area contributed by atoms with Crippen molar-refractivity contribution in [2.75, 3.05) is 25.4 Å². The van der Waals surface area contributed by atoms with E-state index in [4.69, 9.17) is 9.57 Å². The second-order valence-electron chi connectivity index (χ2n) is 10.4. The van der Waals surface area contributed by atoms with E-state index in [0.29, 0.717) is 23.5 Å². The highest BCUT2D eigenvalue weighted by Gasteiger charge is 2.50. The molecule has 1 aromatic heterocycles. The minimum Gasteiger partial charge on any atom is -0.350 e. The lowest BCUT2D eigenvalue weighted by atomic mass is 9.97. The number of sulfone groups is 1. The number of nitrogens with one attached hydrogen (secondary N) is 1. The number of hydrogen-bond acceptors (Lipinski definition) is 7. The van der Waals surface area contributed by atoms with Crippen LogP contribution in [0.15, 0.2) is 66.7 Å². The molecule has 2 amide bonds. The first-order valence-electron chi connectivity index (χ1n) is 13.6. The average molecular weight is 583 g/mol. The summed E-state index contributed by atoms with van der Waals surface area (Å²) in [4.78, 5) is 35.1. The molecule has 1 N–H and O–H groups in total. The molecule has 2 aliphatic heterocycles. The van der Waals surface area contributed by atoms with Crippen LogP contribution in [-0.4, -0.2) is 56.9 Å². The molecule has 5 rings (SSSR count). The molecular weight excluding hydrogens is 548 g/mol. The monoisotopic (exact) mass is 582 g/mol. The highest BCUT2D eigenvalue weighted by atomic mass is 32.2. The van der Waals surface area contributed by atoms with Gasteiger partial charge in [-0.05, 0) is 56.0 Å². The molecule has 2 fully saturated rings. The number of hydrogen-bond donors (Lipinski definition) is 1. The summed E-state index contributed by atoms with van der Waals surface area (Å²) in [5.41, 5.74) is 5.06. The molecule has 0 saturated carbocycles. The molecule has 3 heterocycles. The van der Waals surface area contributed by atoms with Crippen molar-refractivity contribution >= 4 is 33.0 Å². The first kappa shape index (κ1) is 28.5. The zero-order valence-corrected chi connectivity index (χ0v) is 24.1. The number of rotatable bonds is 7. The van der Waals surface area contributed by atoms with Gasteiger partial charge in [0, 0.05) is 41.4 Å². The summed E-state index contributed by atoms with van der Waals surface area (Å²) >= 11 is 1.37. The van der Waals surface area contributed by atoms with Crippen molar-refractivity contribution in [1.29, 1.82) is 0 Å². The van der Waals surface area contributed by atoms with Crippen LogP contribution >= 0.6 is 11.3 Å². The molecule has 0 spiro atoms. The second-order valence-corrected chi connectivity index (χ2v) is 13.9. The first-order chi connectivity index (χ1) is 19.3. The quantitative estimate of drug-likeness (QED) is 0.400. The standard InChI is InChI=1S/C30H34N2O6S2/c1-22-10-12-23(13-11-22)25-14-15-26(39-25)30(21-27(33)31-38-28-9-5-6-19-37-28)16-17-32(18-20-40(30,35)36)29(34)24-7-3-2-4-8-24/h2-4,7-8,10-15,28H,5-6,9,16-21H2,1H3,(H,31,33)/t28?,30-/m0/s1. The number of amides is 2. The van der Waals surface area contributed by atoms with Crippen LogP contribution in [0, 0.1) is 6.92 Å². The number of carbonyl (C=O) groups is 2. The number of benzene rings is 2. The summed E-state index contributed by atoms with van der Waals surface area (Å²) in [5.74, 6) is -1.00. The molecule has 40 heavy (non-hydrogen) atoms. The van der Waals surface area contributed by atoms with Gasteiger partial charge in [-0.2, -0.15) is 0 Å². The van der Waals surface area contributed by atoms with E-state index in [2.05, 4.69) is 5.48 Å². The van der Waals surface area contributed by atoms with Crippen LogP contribution in [0.25, 0.3) is 10.4 Å². The molecule has 8 nitrogen and oxygen atoms in total. The van der Waals surface area contributed by atoms with Crippen LogP contribution in [0.4, 0.5) is 0 Å². The fourth-order valence-electron chi connectivity index (χ4n) is 5.22. The van der Waals surface area contributed by atoms with Gasteiger partial charge >= 0.3 is 0 Å². The van der Waals surface area contributed by atoms with Gasteiger partial charge in [0.2, 0.25) is 5.91 Å². The maximum atomic E-state index is 14.1. The van der Waals surface area contributed by atoms with Gasteiger partial charge < -0.3 is 9.64 Å². The number of nitrogens with zero attached hydrogens (tertiary/aromatic N) is 1. The zero-order chi connectivity index (χ0) is 28.2. The summed E-state index contributed by atoms with van der Waals surface area (Å²) < 4.78 is 32.2. The predicted octanol–water partition coefficient (Wildman–Crippen LogP) is 4.84. The van der Waals surface area contributed by atoms with Crippen molar-refractivity contribution in [2.24, 2.45) is 0 Å². The van der Waals surface area contributed by atoms with E-state index in [-0.39, 0.29) is 37.6 Å². The lowest BCUT2D eigenvalue weighted by Crippen LogP contribution is -2.43. The minimum atomic E-state index is -3.87. The van der Waals surface area contributed by atoms with Gasteiger partial charge in [-0.25, -0.2) is 18.7 Å². The van der Waals surface area contributed by atoms with E-state index in [1.54, 1.807) is 29.2 Å². The molecule has 10 heteroatoms. The van der Waals surface area contributed by atoms with Gasteiger partial charge in [0.15, 0.2) is 16.1 Å². The van der Waals surface area contributed by atoms with E-state index in [1.165, 1.54) is 11.3 Å². The largest absolute Gasteiger partial charge is 0.350 e. The Labute approximate surface area is 239 Å². The molecule has 2 saturated heterocycles. The highest BCUT2D eigenvalue weighted by molar-refractivity contribution is 7.92. The Morgan fingerprint density at radius 2 is 1.82 bits per heavy atom. The molecule has 2 aliphatic rings. The third-order valence-electron chi connectivity index (χ3n) is 7.60. The number of hydroxylamine groups is 1. The second kappa shape index (κ2) is 12.2. The van der Waals surface area contributed by atoms with Crippen molar-refractivity contribution in [3.05, 3.63) is 82.7 Å². The number of carbonyl (C=O) groups excluding carboxylic acids is 2. The number of aryl methyl sites for hydroxylation is 1. The van der Waals surface area contributed by atoms with Crippen LogP contribution in [0.2, 0.25) is 0 Å². The van der Waals surface area contributed by atoms with E-state index >= 15 is 0 Å². The fourth-order valence-corrected chi connectivity index (χ4v) is 8.83. The number of ether oxygens (including phenoxy) is 1. The first-order valence-corrected chi connectivity index (χ1v) is 16.0. The summed E-state index contributed by atoms with van der Waals surface area (Å²) in [5, 5.41) is 0. The molecule has 2 aromatic carbocycles. The Morgan fingerprint density at radius 1 is 1.05 bits per heavy atom. The van der Waals surface area contributed by atoms with Crippen LogP contribution in [-0.2, 0) is 29.0 Å². The average Bonchev–Trinajstić information content (AvgIpc) is 3.42. The van der Waals surface area contributed by atoms with E-state index in [0.717, 1.165) is 28.8 Å². The summed E-state index contributed by atoms with van der Waals surface area (Å²) in [6, 6.07) is 20.6. The molecule has 3 aromatic rings. The molecule has 2 atom stereocenters. The normalized spacial score (nSPS) is 22.8. The van der Waals surface area contributed by atoms with Crippen molar-refractivity contribution in [3.8, 4) is 10.4 Å². The lowest BCUT2D eigenvalue weighted by Gasteiger charge is -2.31. The van der Waals surface area contributed by atoms with Crippen molar-refractivity contribution in [3.63, 3.8) is 0 Å². The van der Waals surface area contributed by atoms with Gasteiger partial charge in [-0.3, -0.25) is 9.59 Å². The summed E-state index contributed by atoms with van der Waals surface area (Å²) in [7, 11) is -3.87. The van der Waals surface area contributed by atoms with Gasteiger partial charge in [0.25, 0.3) is 5.91 Å². The van der Waals surface area contributed by atoms with Crippen molar-refractivity contribution in [1.82, 2.24) is 10.4 Å². The van der Waals surface area contributed by atoms with Crippen LogP contribution in [0.1, 0.15) is 52.9 Å². The van der Waals surface area contributed by atoms with Gasteiger partial charge in [-0.15, -0.1) is 11.3 Å². The highest BCUT2D eigenvalue weighted by Crippen LogP contribution is 2.45. The van der Waals surface area contributed by atoms with Gasteiger partial charge in [0.1, 0.15) is 4.75 Å². The van der Waals surface area contributed by atoms with Crippen molar-refractivity contribution in [2.45, 2.75) is 50.1 Å². The SMILES string of the molecule is Cc1ccc(-c2ccc([C@@]3(CC(=O)NOC4CCCCO4)CCN(C(=O)c4ccccc4)CCS3(=O)=O)s2)cc1. The minimum absolute atomic E-state index is 0.0576. The zero-order valence-electron chi connectivity index (χ0n) is 22.5. The maximum Gasteiger partial charge on any atom is 0.253 e. The molecule has 0 aliphatic carbocycles. The Morgan fingerprint density at radius 3 is 2.55 bits per heavy atom. The van der Waals surface area contributed by atoms with E-state index in [9.17, 15) is 18.0 Å². The smallest absolute Gasteiger partial charge is 0.253 e.